The molecule has 0 fully saturated rings. The maximum Gasteiger partial charge on any atom is 0.207 e. The molecule has 2 aromatic rings. The van der Waals surface area contributed by atoms with Gasteiger partial charge in [0.05, 0.1) is 0 Å². The van der Waals surface area contributed by atoms with Crippen molar-refractivity contribution in [3.8, 4) is 10.4 Å². The molecular weight excluding hydrogens is 220 g/mol. The molecule has 0 N–H and O–H groups in total. The Kier molecular flexibility index (Phi) is 2.23. The highest BCUT2D eigenvalue weighted by Gasteiger charge is 2.09. The molecular formula is C11H7N4S. The molecule has 0 bridgehead atoms. The third kappa shape index (κ3) is 1.61. The molecule has 1 aromatic carbocycles. The van der Waals surface area contributed by atoms with Crippen LogP contribution in [0.1, 0.15) is 5.56 Å². The molecule has 5 heteroatoms. The van der Waals surface area contributed by atoms with Crippen LogP contribution in [0.15, 0.2) is 57.2 Å². The molecule has 0 atom stereocenters. The largest absolute Gasteiger partial charge is 0.207 e. The summed E-state index contributed by atoms with van der Waals surface area (Å²) in [5.74, 6) is 0.568. The van der Waals surface area contributed by atoms with E-state index in [9.17, 15) is 0 Å². The fraction of sp³-hybridized carbons (Fsp3) is 0. The zero-order valence-corrected chi connectivity index (χ0v) is 9.06. The molecule has 0 saturated heterocycles. The number of nitrogens with zero attached hydrogens (tertiary/aromatic N) is 4. The van der Waals surface area contributed by atoms with E-state index in [0.29, 0.717) is 5.84 Å². The summed E-state index contributed by atoms with van der Waals surface area (Å²) < 4.78 is 0. The molecule has 4 nitrogen and oxygen atoms in total. The minimum Gasteiger partial charge on any atom is -0.144 e. The van der Waals surface area contributed by atoms with Gasteiger partial charge in [0.15, 0.2) is 0 Å². The van der Waals surface area contributed by atoms with E-state index in [1.165, 1.54) is 4.88 Å². The van der Waals surface area contributed by atoms with Gasteiger partial charge in [-0.25, -0.2) is 0 Å². The number of hydrogen-bond acceptors (Lipinski definition) is 4. The Morgan fingerprint density at radius 1 is 1.00 bits per heavy atom. The van der Waals surface area contributed by atoms with Gasteiger partial charge >= 0.3 is 0 Å². The second-order valence-electron chi connectivity index (χ2n) is 3.26. The lowest BCUT2D eigenvalue weighted by atomic mass is 10.1. The van der Waals surface area contributed by atoms with Gasteiger partial charge in [0.1, 0.15) is 0 Å². The minimum absolute atomic E-state index is 0.568. The number of rotatable bonds is 2. The van der Waals surface area contributed by atoms with Gasteiger partial charge in [-0.15, -0.1) is 21.6 Å². The van der Waals surface area contributed by atoms with E-state index in [2.05, 4.69) is 38.5 Å². The molecule has 2 heterocycles. The zero-order chi connectivity index (χ0) is 10.8. The van der Waals surface area contributed by atoms with Crippen LogP contribution in [0.4, 0.5) is 0 Å². The highest BCUT2D eigenvalue weighted by molar-refractivity contribution is 7.13. The topological polar surface area (TPSA) is 51.2 Å². The quantitative estimate of drug-likeness (QED) is 0.757. The van der Waals surface area contributed by atoms with Gasteiger partial charge in [0.25, 0.3) is 0 Å². The van der Waals surface area contributed by atoms with Crippen LogP contribution in [0, 0.1) is 0 Å². The molecule has 1 aliphatic heterocycles. The smallest absolute Gasteiger partial charge is 0.144 e. The van der Waals surface area contributed by atoms with Crippen molar-refractivity contribution in [1.29, 1.82) is 0 Å². The average molecular weight is 227 g/mol. The first kappa shape index (κ1) is 9.23. The average Bonchev–Trinajstić information content (AvgIpc) is 3.03. The lowest BCUT2D eigenvalue weighted by Gasteiger charge is -2.00. The van der Waals surface area contributed by atoms with Crippen molar-refractivity contribution in [3.05, 3.63) is 47.3 Å². The minimum atomic E-state index is 0.568. The monoisotopic (exact) mass is 227 g/mol. The number of benzene rings is 1. The van der Waals surface area contributed by atoms with Crippen LogP contribution in [0.2, 0.25) is 0 Å². The Morgan fingerprint density at radius 2 is 1.94 bits per heavy atom. The van der Waals surface area contributed by atoms with E-state index < -0.39 is 0 Å². The van der Waals surface area contributed by atoms with Crippen LogP contribution in [0.25, 0.3) is 10.4 Å². The number of hydrogen-bond donors (Lipinski definition) is 0. The van der Waals surface area contributed by atoms with Crippen LogP contribution in [-0.4, -0.2) is 5.84 Å². The lowest BCUT2D eigenvalue weighted by Crippen LogP contribution is -1.94. The first-order chi connectivity index (χ1) is 7.93. The molecule has 0 spiro atoms. The summed E-state index contributed by atoms with van der Waals surface area (Å²) in [6, 6.07) is 12.2. The van der Waals surface area contributed by atoms with Crippen LogP contribution in [-0.2, 0) is 0 Å². The summed E-state index contributed by atoms with van der Waals surface area (Å²) >= 11 is 1.71. The van der Waals surface area contributed by atoms with Crippen molar-refractivity contribution in [1.82, 2.24) is 5.53 Å². The fourth-order valence-corrected chi connectivity index (χ4v) is 2.24. The van der Waals surface area contributed by atoms with Crippen molar-refractivity contribution in [3.63, 3.8) is 0 Å². The molecule has 0 aliphatic carbocycles. The molecule has 16 heavy (non-hydrogen) atoms. The summed E-state index contributed by atoms with van der Waals surface area (Å²) in [6.07, 6.45) is 0. The molecule has 0 saturated carbocycles. The Hall–Kier alpha value is -2.01. The van der Waals surface area contributed by atoms with Gasteiger partial charge in [0, 0.05) is 10.4 Å². The van der Waals surface area contributed by atoms with Crippen molar-refractivity contribution in [2.75, 3.05) is 0 Å². The van der Waals surface area contributed by atoms with E-state index in [1.54, 1.807) is 11.3 Å². The van der Waals surface area contributed by atoms with Crippen LogP contribution in [0.3, 0.4) is 0 Å². The van der Waals surface area contributed by atoms with E-state index >= 15 is 0 Å². The van der Waals surface area contributed by atoms with E-state index in [1.807, 2.05) is 24.3 Å². The van der Waals surface area contributed by atoms with Crippen molar-refractivity contribution >= 4 is 17.2 Å². The molecule has 77 valence electrons. The van der Waals surface area contributed by atoms with Gasteiger partial charge in [-0.2, -0.15) is 0 Å². The van der Waals surface area contributed by atoms with E-state index in [4.69, 9.17) is 0 Å². The summed E-state index contributed by atoms with van der Waals surface area (Å²) in [7, 11) is 0. The normalized spacial score (nSPS) is 13.6. The Balaban J connectivity index is 2.03. The third-order valence-corrected chi connectivity index (χ3v) is 3.16. The van der Waals surface area contributed by atoms with Gasteiger partial charge in [0.2, 0.25) is 5.84 Å². The predicted molar refractivity (Wildman–Crippen MR) is 63.3 cm³/mol. The first-order valence-electron chi connectivity index (χ1n) is 4.76. The fourth-order valence-electron chi connectivity index (χ4n) is 1.51. The third-order valence-electron chi connectivity index (χ3n) is 2.25. The lowest BCUT2D eigenvalue weighted by molar-refractivity contribution is 0.780. The van der Waals surface area contributed by atoms with Crippen LogP contribution >= 0.6 is 11.3 Å². The molecule has 1 aromatic heterocycles. The van der Waals surface area contributed by atoms with Gasteiger partial charge in [-0.3, -0.25) is 0 Å². The zero-order valence-electron chi connectivity index (χ0n) is 8.24. The molecule has 1 radical (unpaired) electrons. The highest BCUT2D eigenvalue weighted by Crippen LogP contribution is 2.25. The van der Waals surface area contributed by atoms with Crippen LogP contribution < -0.4 is 5.53 Å². The number of amidine groups is 1. The Morgan fingerprint density at radius 3 is 2.69 bits per heavy atom. The van der Waals surface area contributed by atoms with Gasteiger partial charge < -0.3 is 0 Å². The maximum absolute atomic E-state index is 3.84. The standard InChI is InChI=1S/C11H7N4S/c1-3-8(10-5-2-6-16-10)7-9(4-1)11-12-14-15-13-11/h1-7H. The van der Waals surface area contributed by atoms with Crippen LogP contribution in [0.5, 0.6) is 0 Å². The van der Waals surface area contributed by atoms with Crippen molar-refractivity contribution in [2.45, 2.75) is 0 Å². The van der Waals surface area contributed by atoms with E-state index in [-0.39, 0.29) is 0 Å². The second-order valence-corrected chi connectivity index (χ2v) is 4.21. The molecule has 0 amide bonds. The Bertz CT molecular complexity index is 557. The summed E-state index contributed by atoms with van der Waals surface area (Å²) in [5.41, 5.74) is 5.59. The predicted octanol–water partition coefficient (Wildman–Crippen LogP) is 3.06. The maximum atomic E-state index is 3.84. The van der Waals surface area contributed by atoms with Gasteiger partial charge in [-0.1, -0.05) is 24.3 Å². The highest BCUT2D eigenvalue weighted by atomic mass is 32.1. The number of thiophene rings is 1. The molecule has 0 unspecified atom stereocenters. The Labute approximate surface area is 96.3 Å². The SMILES string of the molecule is c1cc(C2=N[N]N=N2)cc(-c2cccs2)c1. The summed E-state index contributed by atoms with van der Waals surface area (Å²) in [5, 5.41) is 13.2. The summed E-state index contributed by atoms with van der Waals surface area (Å²) in [4.78, 5) is 1.23. The molecule has 1 aliphatic rings. The van der Waals surface area contributed by atoms with E-state index in [0.717, 1.165) is 11.1 Å². The second kappa shape index (κ2) is 3.86. The molecule has 3 rings (SSSR count). The van der Waals surface area contributed by atoms with Gasteiger partial charge in [-0.05, 0) is 33.8 Å². The van der Waals surface area contributed by atoms with Crippen molar-refractivity contribution < 1.29 is 0 Å². The first-order valence-corrected chi connectivity index (χ1v) is 5.64. The van der Waals surface area contributed by atoms with Crippen molar-refractivity contribution in [2.24, 2.45) is 15.4 Å². The summed E-state index contributed by atoms with van der Waals surface area (Å²) in [6.45, 7) is 0.